The number of thiazole rings is 1. The standard InChI is InChI=1S/C16H13N3O3S2/c1-19(24(20,21)12-5-7-22-10-12)14-4-2-3-11-9-13(18-15(11)14)16-17-6-8-23-16/h2-10,18H,1H3. The van der Waals surface area contributed by atoms with Gasteiger partial charge < -0.3 is 9.40 Å². The predicted molar refractivity (Wildman–Crippen MR) is 93.7 cm³/mol. The number of hydrogen-bond acceptors (Lipinski definition) is 5. The number of benzene rings is 1. The lowest BCUT2D eigenvalue weighted by Crippen LogP contribution is -2.26. The minimum Gasteiger partial charge on any atom is -0.471 e. The summed E-state index contributed by atoms with van der Waals surface area (Å²) in [6.07, 6.45) is 4.31. The van der Waals surface area contributed by atoms with Gasteiger partial charge in [-0.25, -0.2) is 13.4 Å². The Morgan fingerprint density at radius 2 is 2.17 bits per heavy atom. The molecule has 122 valence electrons. The predicted octanol–water partition coefficient (Wildman–Crippen LogP) is 3.71. The third-order valence-electron chi connectivity index (χ3n) is 3.79. The van der Waals surface area contributed by atoms with Crippen molar-refractivity contribution in [1.82, 2.24) is 9.97 Å². The monoisotopic (exact) mass is 359 g/mol. The first kappa shape index (κ1) is 15.0. The topological polar surface area (TPSA) is 79.2 Å². The van der Waals surface area contributed by atoms with Gasteiger partial charge in [0, 0.05) is 24.0 Å². The van der Waals surface area contributed by atoms with Gasteiger partial charge in [-0.15, -0.1) is 11.3 Å². The fourth-order valence-corrected chi connectivity index (χ4v) is 4.30. The fourth-order valence-electron chi connectivity index (χ4n) is 2.56. The Labute approximate surface area is 142 Å². The average Bonchev–Trinajstić information content (AvgIpc) is 3.33. The van der Waals surface area contributed by atoms with Crippen LogP contribution >= 0.6 is 11.3 Å². The minimum absolute atomic E-state index is 0.119. The summed E-state index contributed by atoms with van der Waals surface area (Å²) in [7, 11) is -2.15. The highest BCUT2D eigenvalue weighted by Crippen LogP contribution is 2.33. The molecule has 0 spiro atoms. The summed E-state index contributed by atoms with van der Waals surface area (Å²) in [4.78, 5) is 7.69. The second kappa shape index (κ2) is 5.50. The van der Waals surface area contributed by atoms with Gasteiger partial charge in [0.25, 0.3) is 10.0 Å². The van der Waals surface area contributed by atoms with Gasteiger partial charge in [-0.05, 0) is 18.2 Å². The normalized spacial score (nSPS) is 11.9. The zero-order valence-corrected chi connectivity index (χ0v) is 14.3. The summed E-state index contributed by atoms with van der Waals surface area (Å²) >= 11 is 1.52. The van der Waals surface area contributed by atoms with Gasteiger partial charge in [0.15, 0.2) is 0 Å². The molecular weight excluding hydrogens is 346 g/mol. The van der Waals surface area contributed by atoms with E-state index < -0.39 is 10.0 Å². The molecule has 0 bridgehead atoms. The SMILES string of the molecule is CN(c1cccc2cc(-c3nccs3)[nH]c12)S(=O)(=O)c1ccoc1. The zero-order chi connectivity index (χ0) is 16.7. The van der Waals surface area contributed by atoms with E-state index in [9.17, 15) is 8.42 Å². The largest absolute Gasteiger partial charge is 0.471 e. The molecule has 0 saturated heterocycles. The first-order valence-corrected chi connectivity index (χ1v) is 9.42. The lowest BCUT2D eigenvalue weighted by molar-refractivity contribution is 0.556. The molecule has 4 rings (SSSR count). The molecule has 0 radical (unpaired) electrons. The molecule has 1 aromatic carbocycles. The summed E-state index contributed by atoms with van der Waals surface area (Å²) in [5.74, 6) is 0. The Kier molecular flexibility index (Phi) is 3.43. The molecule has 0 unspecified atom stereocenters. The molecule has 0 amide bonds. The molecule has 0 saturated carbocycles. The quantitative estimate of drug-likeness (QED) is 0.602. The molecule has 1 N–H and O–H groups in total. The number of aromatic nitrogens is 2. The van der Waals surface area contributed by atoms with Crippen LogP contribution in [0.15, 0.2) is 63.7 Å². The van der Waals surface area contributed by atoms with Crippen LogP contribution in [0.4, 0.5) is 5.69 Å². The van der Waals surface area contributed by atoms with Gasteiger partial charge in [-0.2, -0.15) is 0 Å². The summed E-state index contributed by atoms with van der Waals surface area (Å²) in [5.41, 5.74) is 2.18. The molecule has 8 heteroatoms. The molecule has 4 aromatic rings. The summed E-state index contributed by atoms with van der Waals surface area (Å²) in [6, 6.07) is 8.93. The molecule has 0 aliphatic carbocycles. The molecule has 0 aliphatic heterocycles. The minimum atomic E-state index is -3.68. The van der Waals surface area contributed by atoms with Crippen molar-refractivity contribution in [2.24, 2.45) is 0 Å². The number of nitrogens with one attached hydrogen (secondary N) is 1. The molecule has 3 heterocycles. The van der Waals surface area contributed by atoms with Crippen LogP contribution in [0.5, 0.6) is 0 Å². The Bertz CT molecular complexity index is 1080. The third kappa shape index (κ3) is 2.31. The van der Waals surface area contributed by atoms with Gasteiger partial charge in [0.2, 0.25) is 0 Å². The molecule has 24 heavy (non-hydrogen) atoms. The van der Waals surface area contributed by atoms with Crippen molar-refractivity contribution < 1.29 is 12.8 Å². The summed E-state index contributed by atoms with van der Waals surface area (Å²) in [5, 5.41) is 3.68. The first-order chi connectivity index (χ1) is 11.6. The molecule has 6 nitrogen and oxygen atoms in total. The fraction of sp³-hybridized carbons (Fsp3) is 0.0625. The number of fused-ring (bicyclic) bond motifs is 1. The van der Waals surface area contributed by atoms with Gasteiger partial charge in [-0.3, -0.25) is 4.31 Å². The van der Waals surface area contributed by atoms with Crippen molar-refractivity contribution in [3.63, 3.8) is 0 Å². The number of sulfonamides is 1. The summed E-state index contributed by atoms with van der Waals surface area (Å²) in [6.45, 7) is 0. The Morgan fingerprint density at radius 1 is 1.29 bits per heavy atom. The van der Waals surface area contributed by atoms with Crippen LogP contribution < -0.4 is 4.31 Å². The van der Waals surface area contributed by atoms with E-state index >= 15 is 0 Å². The van der Waals surface area contributed by atoms with E-state index in [0.717, 1.165) is 21.6 Å². The van der Waals surface area contributed by atoms with E-state index in [1.165, 1.54) is 41.3 Å². The zero-order valence-electron chi connectivity index (χ0n) is 12.6. The highest BCUT2D eigenvalue weighted by Gasteiger charge is 2.24. The maximum absolute atomic E-state index is 12.7. The lowest BCUT2D eigenvalue weighted by atomic mass is 10.2. The van der Waals surface area contributed by atoms with E-state index in [0.29, 0.717) is 5.69 Å². The van der Waals surface area contributed by atoms with Gasteiger partial charge in [0.05, 0.1) is 23.2 Å². The van der Waals surface area contributed by atoms with E-state index in [4.69, 9.17) is 4.42 Å². The van der Waals surface area contributed by atoms with Crippen molar-refractivity contribution in [3.05, 3.63) is 54.4 Å². The number of furan rings is 1. The first-order valence-electron chi connectivity index (χ1n) is 7.10. The molecule has 0 aliphatic rings. The molecule has 0 fully saturated rings. The Hall–Kier alpha value is -2.58. The van der Waals surface area contributed by atoms with E-state index in [1.807, 2.05) is 23.6 Å². The van der Waals surface area contributed by atoms with Gasteiger partial charge >= 0.3 is 0 Å². The highest BCUT2D eigenvalue weighted by molar-refractivity contribution is 7.92. The van der Waals surface area contributed by atoms with Gasteiger partial charge in [-0.1, -0.05) is 12.1 Å². The van der Waals surface area contributed by atoms with Crippen molar-refractivity contribution in [1.29, 1.82) is 0 Å². The van der Waals surface area contributed by atoms with Crippen LogP contribution in [0.25, 0.3) is 21.6 Å². The maximum Gasteiger partial charge on any atom is 0.267 e. The van der Waals surface area contributed by atoms with E-state index in [-0.39, 0.29) is 4.90 Å². The van der Waals surface area contributed by atoms with Crippen molar-refractivity contribution >= 4 is 38.0 Å². The highest BCUT2D eigenvalue weighted by atomic mass is 32.2. The van der Waals surface area contributed by atoms with Crippen LogP contribution in [0.2, 0.25) is 0 Å². The van der Waals surface area contributed by atoms with Gasteiger partial charge in [0.1, 0.15) is 16.2 Å². The van der Waals surface area contributed by atoms with Crippen LogP contribution in [0.1, 0.15) is 0 Å². The molecule has 3 aromatic heterocycles. The number of aromatic amines is 1. The summed E-state index contributed by atoms with van der Waals surface area (Å²) < 4.78 is 31.6. The van der Waals surface area contributed by atoms with Crippen LogP contribution in [0.3, 0.4) is 0 Å². The van der Waals surface area contributed by atoms with Crippen LogP contribution in [0, 0.1) is 0 Å². The molecular formula is C16H13N3O3S2. The van der Waals surface area contributed by atoms with Crippen molar-refractivity contribution in [2.75, 3.05) is 11.4 Å². The Morgan fingerprint density at radius 3 is 2.88 bits per heavy atom. The number of hydrogen-bond donors (Lipinski definition) is 1. The lowest BCUT2D eigenvalue weighted by Gasteiger charge is -2.19. The van der Waals surface area contributed by atoms with E-state index in [1.54, 1.807) is 12.3 Å². The van der Waals surface area contributed by atoms with Crippen molar-refractivity contribution in [2.45, 2.75) is 4.90 Å². The average molecular weight is 359 g/mol. The smallest absolute Gasteiger partial charge is 0.267 e. The number of para-hydroxylation sites is 1. The maximum atomic E-state index is 12.7. The third-order valence-corrected chi connectivity index (χ3v) is 6.34. The second-order valence-electron chi connectivity index (χ2n) is 5.19. The van der Waals surface area contributed by atoms with E-state index in [2.05, 4.69) is 9.97 Å². The Balaban J connectivity index is 1.85. The number of H-pyrrole nitrogens is 1. The second-order valence-corrected chi connectivity index (χ2v) is 8.06. The van der Waals surface area contributed by atoms with Crippen molar-refractivity contribution in [3.8, 4) is 10.7 Å². The van der Waals surface area contributed by atoms with Crippen LogP contribution in [-0.4, -0.2) is 25.4 Å². The molecule has 0 atom stereocenters. The number of anilines is 1. The number of rotatable bonds is 4. The number of nitrogens with zero attached hydrogens (tertiary/aromatic N) is 2. The van der Waals surface area contributed by atoms with Crippen LogP contribution in [-0.2, 0) is 10.0 Å².